The molecular weight excluding hydrogens is 394 g/mol. The monoisotopic (exact) mass is 429 g/mol. The highest BCUT2D eigenvalue weighted by atomic mass is 16.2. The smallest absolute Gasteiger partial charge is 0.330 e. The van der Waals surface area contributed by atoms with Crippen LogP contribution in [0.5, 0.6) is 0 Å². The van der Waals surface area contributed by atoms with Crippen LogP contribution >= 0.6 is 0 Å². The van der Waals surface area contributed by atoms with Crippen LogP contribution in [0.1, 0.15) is 71.5 Å². The van der Waals surface area contributed by atoms with Crippen molar-refractivity contribution in [3.8, 4) is 0 Å². The molecule has 31 heavy (non-hydrogen) atoms. The van der Waals surface area contributed by atoms with Gasteiger partial charge in [-0.3, -0.25) is 19.1 Å². The average Bonchev–Trinajstić information content (AvgIpc) is 3.62. The van der Waals surface area contributed by atoms with E-state index in [1.807, 2.05) is 4.57 Å². The Hall–Kier alpha value is -2.38. The Morgan fingerprint density at radius 2 is 1.84 bits per heavy atom. The fourth-order valence-electron chi connectivity index (χ4n) is 4.51. The van der Waals surface area contributed by atoms with Gasteiger partial charge in [0.25, 0.3) is 5.56 Å². The van der Waals surface area contributed by atoms with Crippen LogP contribution in [0.2, 0.25) is 0 Å². The van der Waals surface area contributed by atoms with Crippen LogP contribution < -0.4 is 16.6 Å². The zero-order chi connectivity index (χ0) is 22.1. The largest absolute Gasteiger partial charge is 0.353 e. The number of fused-ring (bicyclic) bond motifs is 1. The second kappa shape index (κ2) is 9.01. The molecule has 1 amide bonds. The molecule has 4 rings (SSSR count). The van der Waals surface area contributed by atoms with Crippen molar-refractivity contribution < 1.29 is 4.79 Å². The van der Waals surface area contributed by atoms with Crippen LogP contribution in [0.3, 0.4) is 0 Å². The van der Waals surface area contributed by atoms with Gasteiger partial charge in [-0.1, -0.05) is 27.2 Å². The van der Waals surface area contributed by atoms with Crippen LogP contribution in [0.25, 0.3) is 11.2 Å². The Balaban J connectivity index is 1.59. The first-order valence-electron chi connectivity index (χ1n) is 11.9. The Morgan fingerprint density at radius 1 is 1.16 bits per heavy atom. The maximum atomic E-state index is 12.7. The van der Waals surface area contributed by atoms with Gasteiger partial charge in [-0.15, -0.1) is 0 Å². The number of nitrogens with one attached hydrogen (secondary N) is 2. The minimum absolute atomic E-state index is 0.0595. The molecule has 170 valence electrons. The van der Waals surface area contributed by atoms with E-state index in [9.17, 15) is 14.4 Å². The first-order chi connectivity index (χ1) is 14.9. The van der Waals surface area contributed by atoms with Crippen molar-refractivity contribution >= 4 is 17.1 Å². The summed E-state index contributed by atoms with van der Waals surface area (Å²) in [5.41, 5.74) is 0.0565. The second-order valence-electron chi connectivity index (χ2n) is 9.74. The molecule has 8 heteroatoms. The van der Waals surface area contributed by atoms with E-state index < -0.39 is 11.2 Å². The summed E-state index contributed by atoms with van der Waals surface area (Å²) in [5.74, 6) is 2.38. The lowest BCUT2D eigenvalue weighted by Gasteiger charge is -2.17. The Bertz CT molecular complexity index is 1040. The molecule has 2 fully saturated rings. The van der Waals surface area contributed by atoms with Crippen molar-refractivity contribution in [2.45, 2.75) is 91.3 Å². The summed E-state index contributed by atoms with van der Waals surface area (Å²) in [6.45, 7) is 7.37. The molecule has 0 aromatic carbocycles. The number of aromatic amines is 1. The van der Waals surface area contributed by atoms with E-state index in [0.29, 0.717) is 66.7 Å². The van der Waals surface area contributed by atoms with Crippen molar-refractivity contribution in [2.24, 2.45) is 17.8 Å². The first kappa shape index (κ1) is 21.8. The minimum atomic E-state index is -0.416. The molecule has 0 saturated heterocycles. The van der Waals surface area contributed by atoms with Crippen molar-refractivity contribution in [3.05, 3.63) is 26.7 Å². The molecule has 8 nitrogen and oxygen atoms in total. The number of hydrogen-bond acceptors (Lipinski definition) is 4. The molecular formula is C23H35N5O3. The molecule has 0 spiro atoms. The lowest BCUT2D eigenvalue weighted by molar-refractivity contribution is -0.122. The number of unbranched alkanes of at least 4 members (excludes halogenated alkanes) is 1. The zero-order valence-corrected chi connectivity index (χ0v) is 18.9. The summed E-state index contributed by atoms with van der Waals surface area (Å²) in [5, 5.41) is 3.27. The Kier molecular flexibility index (Phi) is 6.34. The number of aromatic nitrogens is 4. The van der Waals surface area contributed by atoms with Crippen molar-refractivity contribution in [2.75, 3.05) is 0 Å². The van der Waals surface area contributed by atoms with Gasteiger partial charge in [0.2, 0.25) is 5.91 Å². The molecule has 2 aromatic heterocycles. The topological polar surface area (TPSA) is 102 Å². The van der Waals surface area contributed by atoms with E-state index in [0.717, 1.165) is 12.8 Å². The standard InChI is InChI=1S/C23H35N5O3/c1-4-5-12-27-21-20(22(30)26-23(27)31)28(13-14(2)3)17(24-21)10-11-18(29)25-19(15-6-7-15)16-8-9-16/h14-16,19H,4-13H2,1-3H3,(H,25,29)(H,26,30,31). The summed E-state index contributed by atoms with van der Waals surface area (Å²) < 4.78 is 3.48. The van der Waals surface area contributed by atoms with E-state index in [-0.39, 0.29) is 5.91 Å². The van der Waals surface area contributed by atoms with Gasteiger partial charge >= 0.3 is 5.69 Å². The van der Waals surface area contributed by atoms with E-state index in [1.165, 1.54) is 25.7 Å². The van der Waals surface area contributed by atoms with Crippen LogP contribution in [0.4, 0.5) is 0 Å². The fourth-order valence-corrected chi connectivity index (χ4v) is 4.51. The minimum Gasteiger partial charge on any atom is -0.353 e. The van der Waals surface area contributed by atoms with Crippen molar-refractivity contribution in [1.29, 1.82) is 0 Å². The SMILES string of the molecule is CCCCn1c(=O)[nH]c(=O)c2c1nc(CCC(=O)NC(C1CC1)C1CC1)n2CC(C)C. The van der Waals surface area contributed by atoms with E-state index in [4.69, 9.17) is 4.98 Å². The molecule has 0 bridgehead atoms. The van der Waals surface area contributed by atoms with Gasteiger partial charge in [0.15, 0.2) is 11.2 Å². The third-order valence-corrected chi connectivity index (χ3v) is 6.41. The molecule has 2 aliphatic rings. The summed E-state index contributed by atoms with van der Waals surface area (Å²) in [4.78, 5) is 45.0. The number of H-pyrrole nitrogens is 1. The number of rotatable bonds is 11. The number of imidazole rings is 1. The second-order valence-corrected chi connectivity index (χ2v) is 9.74. The molecule has 0 atom stereocenters. The van der Waals surface area contributed by atoms with Crippen molar-refractivity contribution in [3.63, 3.8) is 0 Å². The molecule has 2 heterocycles. The quantitative estimate of drug-likeness (QED) is 0.573. The molecule has 0 unspecified atom stereocenters. The van der Waals surface area contributed by atoms with E-state index >= 15 is 0 Å². The van der Waals surface area contributed by atoms with Crippen molar-refractivity contribution in [1.82, 2.24) is 24.4 Å². The highest BCUT2D eigenvalue weighted by Crippen LogP contribution is 2.44. The highest BCUT2D eigenvalue weighted by Gasteiger charge is 2.42. The number of amides is 1. The normalized spacial score (nSPS) is 16.5. The molecule has 2 saturated carbocycles. The molecule has 2 N–H and O–H groups in total. The number of nitrogens with zero attached hydrogens (tertiary/aromatic N) is 3. The van der Waals surface area contributed by atoms with Gasteiger partial charge in [0.1, 0.15) is 5.82 Å². The molecule has 0 radical (unpaired) electrons. The maximum Gasteiger partial charge on any atom is 0.330 e. The van der Waals surface area contributed by atoms with Gasteiger partial charge in [-0.05, 0) is 49.9 Å². The summed E-state index contributed by atoms with van der Waals surface area (Å²) in [6.07, 6.45) is 7.47. The number of carbonyl (C=O) groups is 1. The molecule has 2 aromatic rings. The van der Waals surface area contributed by atoms with E-state index in [1.54, 1.807) is 4.57 Å². The lowest BCUT2D eigenvalue weighted by atomic mass is 10.1. The summed E-state index contributed by atoms with van der Waals surface area (Å²) in [6, 6.07) is 0.337. The van der Waals surface area contributed by atoms with Crippen LogP contribution in [-0.2, 0) is 24.3 Å². The first-order valence-corrected chi connectivity index (χ1v) is 11.9. The van der Waals surface area contributed by atoms with Crippen LogP contribution in [-0.4, -0.2) is 31.1 Å². The van der Waals surface area contributed by atoms with Gasteiger partial charge in [0, 0.05) is 32.0 Å². The predicted molar refractivity (Wildman–Crippen MR) is 120 cm³/mol. The summed E-state index contributed by atoms with van der Waals surface area (Å²) in [7, 11) is 0. The molecule has 2 aliphatic carbocycles. The van der Waals surface area contributed by atoms with Gasteiger partial charge in [-0.2, -0.15) is 0 Å². The number of aryl methyl sites for hydroxylation is 2. The number of carbonyl (C=O) groups excluding carboxylic acids is 1. The number of hydrogen-bond donors (Lipinski definition) is 2. The predicted octanol–water partition coefficient (Wildman–Crippen LogP) is 2.58. The van der Waals surface area contributed by atoms with E-state index in [2.05, 4.69) is 31.1 Å². The van der Waals surface area contributed by atoms with Crippen LogP contribution in [0, 0.1) is 17.8 Å². The van der Waals surface area contributed by atoms with Crippen LogP contribution in [0.15, 0.2) is 9.59 Å². The van der Waals surface area contributed by atoms with Gasteiger partial charge < -0.3 is 9.88 Å². The maximum absolute atomic E-state index is 12.7. The lowest BCUT2D eigenvalue weighted by Crippen LogP contribution is -2.38. The third-order valence-electron chi connectivity index (χ3n) is 6.41. The molecule has 0 aliphatic heterocycles. The average molecular weight is 430 g/mol. The van der Waals surface area contributed by atoms with Gasteiger partial charge in [-0.25, -0.2) is 9.78 Å². The van der Waals surface area contributed by atoms with Gasteiger partial charge in [0.05, 0.1) is 0 Å². The third kappa shape index (κ3) is 4.93. The summed E-state index contributed by atoms with van der Waals surface area (Å²) >= 11 is 0. The Morgan fingerprint density at radius 3 is 2.42 bits per heavy atom. The highest BCUT2D eigenvalue weighted by molar-refractivity contribution is 5.77. The zero-order valence-electron chi connectivity index (χ0n) is 18.9. The Labute approximate surface area is 182 Å². The fraction of sp³-hybridized carbons (Fsp3) is 0.739.